The molecule has 0 aromatic carbocycles. The zero-order chi connectivity index (χ0) is 24.8. The Bertz CT molecular complexity index is 694. The van der Waals surface area contributed by atoms with Crippen LogP contribution in [-0.4, -0.2) is 69.9 Å². The Morgan fingerprint density at radius 2 is 1.75 bits per heavy atom. The number of likely N-dealkylation sites (N-methyl/N-ethyl adjacent to an activating group) is 1. The zero-order valence-electron chi connectivity index (χ0n) is 21.6. The number of piperidine rings is 1. The van der Waals surface area contributed by atoms with Crippen LogP contribution in [0.5, 0.6) is 0 Å². The Kier molecular flexibility index (Phi) is 10.4. The lowest BCUT2D eigenvalue weighted by Gasteiger charge is -2.41. The summed E-state index contributed by atoms with van der Waals surface area (Å²) in [7, 11) is 0. The number of rotatable bonds is 9. The lowest BCUT2D eigenvalue weighted by atomic mass is 9.84. The number of hydrogen-bond acceptors (Lipinski definition) is 4. The van der Waals surface area contributed by atoms with Gasteiger partial charge in [0.1, 0.15) is 6.04 Å². The van der Waals surface area contributed by atoms with E-state index >= 15 is 0 Å². The molecule has 32 heavy (non-hydrogen) atoms. The van der Waals surface area contributed by atoms with E-state index in [0.29, 0.717) is 6.54 Å². The van der Waals surface area contributed by atoms with E-state index in [1.807, 2.05) is 41.5 Å². The Balaban J connectivity index is 3.24. The van der Waals surface area contributed by atoms with Gasteiger partial charge in [-0.15, -0.1) is 0 Å². The molecule has 0 aromatic rings. The van der Waals surface area contributed by atoms with E-state index in [2.05, 4.69) is 24.1 Å². The summed E-state index contributed by atoms with van der Waals surface area (Å²) in [6, 6.07) is -1.04. The van der Waals surface area contributed by atoms with Gasteiger partial charge in [0.15, 0.2) is 0 Å². The fourth-order valence-electron chi connectivity index (χ4n) is 4.39. The molecule has 0 radical (unpaired) electrons. The predicted octanol–water partition coefficient (Wildman–Crippen LogP) is 3.68. The number of likely N-dealkylation sites (tertiary alicyclic amines) is 1. The van der Waals surface area contributed by atoms with E-state index < -0.39 is 17.4 Å². The highest BCUT2D eigenvalue weighted by Gasteiger charge is 2.40. The fourth-order valence-corrected chi connectivity index (χ4v) is 4.39. The highest BCUT2D eigenvalue weighted by Crippen LogP contribution is 2.26. The normalized spacial score (nSPS) is 20.2. The van der Waals surface area contributed by atoms with Gasteiger partial charge < -0.3 is 15.3 Å². The molecular formula is C25H45N3O4. The maximum Gasteiger partial charge on any atom is 0.331 e. The van der Waals surface area contributed by atoms with Crippen LogP contribution < -0.4 is 5.32 Å². The molecular weight excluding hydrogens is 406 g/mol. The van der Waals surface area contributed by atoms with Crippen LogP contribution in [0.2, 0.25) is 0 Å². The Morgan fingerprint density at radius 3 is 2.19 bits per heavy atom. The summed E-state index contributed by atoms with van der Waals surface area (Å²) >= 11 is 0. The number of carbonyl (C=O) groups is 3. The molecule has 0 saturated carbocycles. The predicted molar refractivity (Wildman–Crippen MR) is 128 cm³/mol. The first-order chi connectivity index (χ1) is 14.7. The van der Waals surface area contributed by atoms with Crippen LogP contribution in [0, 0.1) is 11.3 Å². The van der Waals surface area contributed by atoms with Crippen molar-refractivity contribution in [2.24, 2.45) is 11.3 Å². The molecule has 184 valence electrons. The van der Waals surface area contributed by atoms with E-state index in [1.165, 1.54) is 0 Å². The lowest BCUT2D eigenvalue weighted by molar-refractivity contribution is -0.143. The molecule has 0 bridgehead atoms. The number of nitrogens with zero attached hydrogens (tertiary/aromatic N) is 2. The van der Waals surface area contributed by atoms with Crippen LogP contribution in [0.3, 0.4) is 0 Å². The molecule has 1 fully saturated rings. The van der Waals surface area contributed by atoms with Crippen LogP contribution in [0.1, 0.15) is 81.6 Å². The summed E-state index contributed by atoms with van der Waals surface area (Å²) in [4.78, 5) is 42.4. The lowest BCUT2D eigenvalue weighted by Crippen LogP contribution is -2.61. The summed E-state index contributed by atoms with van der Waals surface area (Å²) in [5.41, 5.74) is -0.286. The Morgan fingerprint density at radius 1 is 1.16 bits per heavy atom. The van der Waals surface area contributed by atoms with Gasteiger partial charge in [-0.05, 0) is 58.4 Å². The van der Waals surface area contributed by atoms with Gasteiger partial charge in [0.25, 0.3) is 0 Å². The van der Waals surface area contributed by atoms with Gasteiger partial charge in [-0.2, -0.15) is 0 Å². The van der Waals surface area contributed by atoms with Crippen molar-refractivity contribution in [3.63, 3.8) is 0 Å². The quantitative estimate of drug-likeness (QED) is 0.522. The van der Waals surface area contributed by atoms with Crippen LogP contribution in [0.25, 0.3) is 0 Å². The minimum atomic E-state index is -0.995. The largest absolute Gasteiger partial charge is 0.478 e. The molecule has 1 aliphatic rings. The van der Waals surface area contributed by atoms with Crippen LogP contribution in [-0.2, 0) is 14.4 Å². The molecule has 0 spiro atoms. The van der Waals surface area contributed by atoms with Gasteiger partial charge in [-0.3, -0.25) is 14.5 Å². The maximum absolute atomic E-state index is 13.8. The first kappa shape index (κ1) is 28.1. The molecule has 2 N–H and O–H groups in total. The van der Waals surface area contributed by atoms with E-state index in [0.717, 1.165) is 25.8 Å². The van der Waals surface area contributed by atoms with Gasteiger partial charge in [0, 0.05) is 18.2 Å². The molecule has 3 atom stereocenters. The second-order valence-electron chi connectivity index (χ2n) is 10.7. The molecule has 1 unspecified atom stereocenters. The highest BCUT2D eigenvalue weighted by atomic mass is 16.4. The average Bonchev–Trinajstić information content (AvgIpc) is 2.69. The topological polar surface area (TPSA) is 90.0 Å². The van der Waals surface area contributed by atoms with Crippen molar-refractivity contribution >= 4 is 17.8 Å². The average molecular weight is 452 g/mol. The second-order valence-corrected chi connectivity index (χ2v) is 10.7. The Labute approximate surface area is 194 Å². The number of carboxylic acids is 1. The van der Waals surface area contributed by atoms with Crippen molar-refractivity contribution in [3.05, 3.63) is 11.6 Å². The maximum atomic E-state index is 13.8. The van der Waals surface area contributed by atoms with Gasteiger partial charge >= 0.3 is 5.97 Å². The van der Waals surface area contributed by atoms with E-state index in [1.54, 1.807) is 17.9 Å². The standard InChI is InChI=1S/C25H45N3O4/c1-10-27(20(16(2)3)15-18(6)24(31)32)23(30)21(25(7,8)9)26-22(29)19-13-11-12-14-28(19)17(4)5/h15-17,19-21H,10-14H2,1-9H3,(H,26,29)(H,31,32)/b18-15+/t19?,20-,21-/m1/s1. The molecule has 1 rings (SSSR count). The number of amides is 2. The number of carboxylic acid groups (broad SMARTS) is 1. The van der Waals surface area contributed by atoms with E-state index in [4.69, 9.17) is 0 Å². The molecule has 0 aromatic heterocycles. The number of nitrogens with one attached hydrogen (secondary N) is 1. The molecule has 7 nitrogen and oxygen atoms in total. The van der Waals surface area contributed by atoms with Crippen LogP contribution in [0.15, 0.2) is 11.6 Å². The number of carbonyl (C=O) groups excluding carboxylic acids is 2. The van der Waals surface area contributed by atoms with E-state index in [-0.39, 0.29) is 41.4 Å². The molecule has 0 aliphatic carbocycles. The van der Waals surface area contributed by atoms with Crippen molar-refractivity contribution in [2.45, 2.75) is 106 Å². The third-order valence-corrected chi connectivity index (χ3v) is 6.33. The van der Waals surface area contributed by atoms with Crippen LogP contribution in [0.4, 0.5) is 0 Å². The highest BCUT2D eigenvalue weighted by molar-refractivity contribution is 5.91. The molecule has 1 heterocycles. The van der Waals surface area contributed by atoms with Gasteiger partial charge in [-0.1, -0.05) is 47.1 Å². The van der Waals surface area contributed by atoms with Gasteiger partial charge in [0.05, 0.1) is 12.1 Å². The monoisotopic (exact) mass is 451 g/mol. The Hall–Kier alpha value is -1.89. The second kappa shape index (κ2) is 11.8. The molecule has 1 aliphatic heterocycles. The van der Waals surface area contributed by atoms with Crippen LogP contribution >= 0.6 is 0 Å². The zero-order valence-corrected chi connectivity index (χ0v) is 21.6. The minimum absolute atomic E-state index is 0.0271. The third kappa shape index (κ3) is 7.32. The molecule has 2 amide bonds. The SMILES string of the molecule is CCN(C(=O)[C@@H](NC(=O)C1CCCCN1C(C)C)C(C)(C)C)[C@H](/C=C(\C)C(=O)O)C(C)C. The summed E-state index contributed by atoms with van der Waals surface area (Å²) in [6.45, 7) is 18.7. The summed E-state index contributed by atoms with van der Waals surface area (Å²) in [5.74, 6) is -1.24. The van der Waals surface area contributed by atoms with Crippen molar-refractivity contribution in [3.8, 4) is 0 Å². The van der Waals surface area contributed by atoms with Gasteiger partial charge in [0.2, 0.25) is 11.8 Å². The molecule has 1 saturated heterocycles. The van der Waals surface area contributed by atoms with Crippen molar-refractivity contribution < 1.29 is 19.5 Å². The number of aliphatic carboxylic acids is 1. The van der Waals surface area contributed by atoms with Crippen molar-refractivity contribution in [2.75, 3.05) is 13.1 Å². The minimum Gasteiger partial charge on any atom is -0.478 e. The first-order valence-electron chi connectivity index (χ1n) is 12.0. The summed E-state index contributed by atoms with van der Waals surface area (Å²) < 4.78 is 0. The smallest absolute Gasteiger partial charge is 0.331 e. The van der Waals surface area contributed by atoms with Gasteiger partial charge in [-0.25, -0.2) is 4.79 Å². The third-order valence-electron chi connectivity index (χ3n) is 6.33. The summed E-state index contributed by atoms with van der Waals surface area (Å²) in [5, 5.41) is 12.4. The molecule has 7 heteroatoms. The number of hydrogen-bond donors (Lipinski definition) is 2. The van der Waals surface area contributed by atoms with Crippen molar-refractivity contribution in [1.29, 1.82) is 0 Å². The van der Waals surface area contributed by atoms with E-state index in [9.17, 15) is 19.5 Å². The summed E-state index contributed by atoms with van der Waals surface area (Å²) in [6.07, 6.45) is 4.53. The van der Waals surface area contributed by atoms with Crippen molar-refractivity contribution in [1.82, 2.24) is 15.1 Å². The fraction of sp³-hybridized carbons (Fsp3) is 0.800. The first-order valence-corrected chi connectivity index (χ1v) is 12.0.